The summed E-state index contributed by atoms with van der Waals surface area (Å²) in [6.45, 7) is 1.99. The van der Waals surface area contributed by atoms with Gasteiger partial charge in [-0.3, -0.25) is 0 Å². The summed E-state index contributed by atoms with van der Waals surface area (Å²) in [5.74, 6) is -1.22. The Morgan fingerprint density at radius 2 is 1.93 bits per heavy atom. The lowest BCUT2D eigenvalue weighted by atomic mass is 10.2. The predicted octanol–water partition coefficient (Wildman–Crippen LogP) is 2.88. The molecule has 1 aromatic carbocycles. The van der Waals surface area contributed by atoms with E-state index < -0.39 is 11.6 Å². The topological polar surface area (TPSA) is 21.6 Å². The highest BCUT2D eigenvalue weighted by Gasteiger charge is 2.00. The summed E-state index contributed by atoms with van der Waals surface area (Å²) >= 11 is 0. The molecule has 0 atom stereocenters. The van der Waals surface area contributed by atoms with E-state index in [2.05, 4.69) is 5.16 Å². The minimum Gasteiger partial charge on any atom is -0.391 e. The van der Waals surface area contributed by atoms with Crippen molar-refractivity contribution >= 4 is 6.21 Å². The Hall–Kier alpha value is -1.45. The first-order valence-corrected chi connectivity index (χ1v) is 4.31. The van der Waals surface area contributed by atoms with Crippen molar-refractivity contribution in [3.63, 3.8) is 0 Å². The quantitative estimate of drug-likeness (QED) is 0.539. The summed E-state index contributed by atoms with van der Waals surface area (Å²) in [5, 5.41) is 3.57. The molecule has 0 aliphatic heterocycles. The third-order valence-electron chi connectivity index (χ3n) is 1.49. The Morgan fingerprint density at radius 1 is 1.29 bits per heavy atom. The molecule has 0 saturated heterocycles. The van der Waals surface area contributed by atoms with Crippen LogP contribution in [0.2, 0.25) is 0 Å². The van der Waals surface area contributed by atoms with Crippen molar-refractivity contribution in [2.45, 2.75) is 20.0 Å². The van der Waals surface area contributed by atoms with Gasteiger partial charge in [0.15, 0.2) is 0 Å². The number of halogens is 2. The van der Waals surface area contributed by atoms with Crippen molar-refractivity contribution in [3.8, 4) is 0 Å². The van der Waals surface area contributed by atoms with E-state index in [0.29, 0.717) is 5.56 Å². The van der Waals surface area contributed by atoms with Crippen molar-refractivity contribution in [2.24, 2.45) is 5.16 Å². The van der Waals surface area contributed by atoms with Crippen LogP contribution in [0.4, 0.5) is 8.78 Å². The molecule has 0 aromatic heterocycles. The van der Waals surface area contributed by atoms with Crippen LogP contribution < -0.4 is 0 Å². The normalized spacial score (nSPS) is 10.8. The molecule has 1 rings (SSSR count). The number of rotatable bonds is 4. The molecule has 0 saturated carbocycles. The van der Waals surface area contributed by atoms with E-state index in [-0.39, 0.29) is 6.61 Å². The third kappa shape index (κ3) is 3.51. The van der Waals surface area contributed by atoms with E-state index >= 15 is 0 Å². The van der Waals surface area contributed by atoms with E-state index in [1.807, 2.05) is 6.92 Å². The fourth-order valence-electron chi connectivity index (χ4n) is 0.933. The van der Waals surface area contributed by atoms with Crippen LogP contribution in [0.3, 0.4) is 0 Å². The summed E-state index contributed by atoms with van der Waals surface area (Å²) in [7, 11) is 0. The number of nitrogens with zero attached hydrogens (tertiary/aromatic N) is 1. The molecule has 0 N–H and O–H groups in total. The van der Waals surface area contributed by atoms with Gasteiger partial charge in [0.2, 0.25) is 0 Å². The van der Waals surface area contributed by atoms with E-state index in [1.54, 1.807) is 6.21 Å². The molecule has 14 heavy (non-hydrogen) atoms. The van der Waals surface area contributed by atoms with Crippen molar-refractivity contribution in [3.05, 3.63) is 35.4 Å². The van der Waals surface area contributed by atoms with Crippen molar-refractivity contribution < 1.29 is 13.6 Å². The second kappa shape index (κ2) is 5.32. The second-order valence-corrected chi connectivity index (χ2v) is 2.75. The first kappa shape index (κ1) is 10.6. The summed E-state index contributed by atoms with van der Waals surface area (Å²) in [5.41, 5.74) is 0.427. The van der Waals surface area contributed by atoms with Crippen LogP contribution in [0, 0.1) is 11.6 Å². The number of benzene rings is 1. The highest BCUT2D eigenvalue weighted by Crippen LogP contribution is 2.08. The average molecular weight is 199 g/mol. The minimum atomic E-state index is -0.608. The smallest absolute Gasteiger partial charge is 0.142 e. The first-order chi connectivity index (χ1) is 6.72. The fourth-order valence-corrected chi connectivity index (χ4v) is 0.933. The first-order valence-electron chi connectivity index (χ1n) is 4.31. The van der Waals surface area contributed by atoms with E-state index in [9.17, 15) is 8.78 Å². The average Bonchev–Trinajstić information content (AvgIpc) is 2.11. The number of hydrogen-bond donors (Lipinski definition) is 0. The molecule has 0 radical (unpaired) electrons. The molecular formula is C10H11F2NO. The Kier molecular flexibility index (Phi) is 4.04. The largest absolute Gasteiger partial charge is 0.391 e. The van der Waals surface area contributed by atoms with Gasteiger partial charge in [0, 0.05) is 12.3 Å². The van der Waals surface area contributed by atoms with Gasteiger partial charge >= 0.3 is 0 Å². The van der Waals surface area contributed by atoms with Crippen molar-refractivity contribution in [1.82, 2.24) is 0 Å². The molecule has 76 valence electrons. The van der Waals surface area contributed by atoms with Crippen LogP contribution in [0.1, 0.15) is 18.9 Å². The fraction of sp³-hybridized carbons (Fsp3) is 0.300. The zero-order valence-electron chi connectivity index (χ0n) is 7.84. The molecule has 0 amide bonds. The summed E-state index contributed by atoms with van der Waals surface area (Å²) < 4.78 is 25.3. The number of hydrogen-bond acceptors (Lipinski definition) is 2. The van der Waals surface area contributed by atoms with Crippen molar-refractivity contribution in [1.29, 1.82) is 0 Å². The monoisotopic (exact) mass is 199 g/mol. The highest BCUT2D eigenvalue weighted by atomic mass is 19.1. The molecule has 0 heterocycles. The van der Waals surface area contributed by atoms with Crippen LogP contribution in [0.5, 0.6) is 0 Å². The lowest BCUT2D eigenvalue weighted by Gasteiger charge is -2.00. The SMILES string of the molecule is CCC=NOCc1cc(F)cc(F)c1. The van der Waals surface area contributed by atoms with Gasteiger partial charge in [-0.15, -0.1) is 0 Å². The molecule has 2 nitrogen and oxygen atoms in total. The number of oxime groups is 1. The highest BCUT2D eigenvalue weighted by molar-refractivity contribution is 5.55. The van der Waals surface area contributed by atoms with E-state index in [1.165, 1.54) is 12.1 Å². The Morgan fingerprint density at radius 3 is 2.50 bits per heavy atom. The van der Waals surface area contributed by atoms with Gasteiger partial charge in [-0.2, -0.15) is 0 Å². The molecule has 4 heteroatoms. The molecule has 0 spiro atoms. The molecular weight excluding hydrogens is 188 g/mol. The maximum Gasteiger partial charge on any atom is 0.142 e. The lowest BCUT2D eigenvalue weighted by Crippen LogP contribution is -1.90. The van der Waals surface area contributed by atoms with Crippen LogP contribution in [0.25, 0.3) is 0 Å². The Balaban J connectivity index is 2.54. The van der Waals surface area contributed by atoms with Gasteiger partial charge in [-0.05, 0) is 24.1 Å². The van der Waals surface area contributed by atoms with Crippen LogP contribution in [0.15, 0.2) is 23.4 Å². The molecule has 1 aromatic rings. The van der Waals surface area contributed by atoms with Crippen LogP contribution in [-0.4, -0.2) is 6.21 Å². The Labute approximate surface area is 81.2 Å². The van der Waals surface area contributed by atoms with Gasteiger partial charge in [-0.1, -0.05) is 12.1 Å². The van der Waals surface area contributed by atoms with Gasteiger partial charge < -0.3 is 4.84 Å². The maximum atomic E-state index is 12.7. The molecule has 0 aliphatic rings. The van der Waals surface area contributed by atoms with Crippen LogP contribution in [-0.2, 0) is 11.4 Å². The maximum absolute atomic E-state index is 12.7. The van der Waals surface area contributed by atoms with E-state index in [0.717, 1.165) is 12.5 Å². The molecule has 0 unspecified atom stereocenters. The van der Waals surface area contributed by atoms with Gasteiger partial charge in [0.1, 0.15) is 18.2 Å². The molecule has 0 aliphatic carbocycles. The second-order valence-electron chi connectivity index (χ2n) is 2.75. The predicted molar refractivity (Wildman–Crippen MR) is 49.9 cm³/mol. The zero-order chi connectivity index (χ0) is 10.4. The molecule has 0 fully saturated rings. The minimum absolute atomic E-state index is 0.0746. The summed E-state index contributed by atoms with van der Waals surface area (Å²) in [4.78, 5) is 4.81. The third-order valence-corrected chi connectivity index (χ3v) is 1.49. The summed E-state index contributed by atoms with van der Waals surface area (Å²) in [6, 6.07) is 3.24. The van der Waals surface area contributed by atoms with E-state index in [4.69, 9.17) is 4.84 Å². The van der Waals surface area contributed by atoms with Gasteiger partial charge in [0.25, 0.3) is 0 Å². The zero-order valence-corrected chi connectivity index (χ0v) is 7.84. The summed E-state index contributed by atoms with van der Waals surface area (Å²) in [6.07, 6.45) is 2.34. The van der Waals surface area contributed by atoms with Crippen LogP contribution >= 0.6 is 0 Å². The van der Waals surface area contributed by atoms with Gasteiger partial charge in [0.05, 0.1) is 0 Å². The molecule has 0 bridgehead atoms. The lowest BCUT2D eigenvalue weighted by molar-refractivity contribution is 0.131. The Bertz CT molecular complexity index is 306. The standard InChI is InChI=1S/C10H11F2NO/c1-2-3-13-14-7-8-4-9(11)6-10(12)5-8/h3-6H,2,7H2,1H3. The van der Waals surface area contributed by atoms with Gasteiger partial charge in [-0.25, -0.2) is 8.78 Å². The van der Waals surface area contributed by atoms with Crippen molar-refractivity contribution in [2.75, 3.05) is 0 Å².